The Morgan fingerprint density at radius 3 is 2.19 bits per heavy atom. The average molecular weight is 281 g/mol. The van der Waals surface area contributed by atoms with Crippen LogP contribution in [0.15, 0.2) is 65.7 Å². The summed E-state index contributed by atoms with van der Waals surface area (Å²) in [6.07, 6.45) is 0. The first-order valence-electron chi connectivity index (χ1n) is 7.20. The van der Waals surface area contributed by atoms with Crippen molar-refractivity contribution in [3.05, 3.63) is 66.2 Å². The number of rotatable bonds is 3. The summed E-state index contributed by atoms with van der Waals surface area (Å²) in [5.74, 6) is 0.865. The molecule has 4 nitrogen and oxygen atoms in total. The second-order valence-electron chi connectivity index (χ2n) is 4.87. The Balaban J connectivity index is 1.85. The molecule has 3 rings (SSSR count). The van der Waals surface area contributed by atoms with Gasteiger partial charge in [-0.25, -0.2) is 10.0 Å². The van der Waals surface area contributed by atoms with Crippen LogP contribution < -0.4 is 5.43 Å². The van der Waals surface area contributed by atoms with Crippen LogP contribution in [0.3, 0.4) is 0 Å². The van der Waals surface area contributed by atoms with E-state index in [1.807, 2.05) is 48.5 Å². The van der Waals surface area contributed by atoms with Crippen molar-refractivity contribution in [3.8, 4) is 0 Å². The number of hydrazine groups is 1. The fourth-order valence-electron chi connectivity index (χ4n) is 2.21. The molecule has 0 saturated carbocycles. The van der Waals surface area contributed by atoms with Crippen molar-refractivity contribution >= 4 is 11.5 Å². The van der Waals surface area contributed by atoms with E-state index in [0.29, 0.717) is 0 Å². The third kappa shape index (κ3) is 3.90. The first-order valence-corrected chi connectivity index (χ1v) is 7.20. The molecule has 0 unspecified atom stereocenters. The van der Waals surface area contributed by atoms with E-state index in [9.17, 15) is 0 Å². The molecule has 1 saturated heterocycles. The fraction of sp³-hybridized carbons (Fsp3) is 0.235. The molecule has 1 fully saturated rings. The highest BCUT2D eigenvalue weighted by Gasteiger charge is 2.13. The lowest BCUT2D eigenvalue weighted by atomic mass is 10.2. The number of para-hydroxylation sites is 1. The first-order chi connectivity index (χ1) is 10.4. The predicted octanol–water partition coefficient (Wildman–Crippen LogP) is 2.60. The highest BCUT2D eigenvalue weighted by molar-refractivity contribution is 5.99. The van der Waals surface area contributed by atoms with Crippen molar-refractivity contribution in [2.75, 3.05) is 26.3 Å². The summed E-state index contributed by atoms with van der Waals surface area (Å²) in [5.41, 5.74) is 5.44. The lowest BCUT2D eigenvalue weighted by Crippen LogP contribution is -2.48. The van der Waals surface area contributed by atoms with Crippen molar-refractivity contribution in [2.45, 2.75) is 0 Å². The summed E-state index contributed by atoms with van der Waals surface area (Å²) in [6, 6.07) is 20.2. The molecule has 1 aliphatic rings. The van der Waals surface area contributed by atoms with Gasteiger partial charge in [0.2, 0.25) is 0 Å². The van der Waals surface area contributed by atoms with Crippen LogP contribution in [0.1, 0.15) is 5.56 Å². The number of aliphatic imine (C=N–C) groups is 1. The molecule has 0 atom stereocenters. The summed E-state index contributed by atoms with van der Waals surface area (Å²) < 4.78 is 5.38. The van der Waals surface area contributed by atoms with Gasteiger partial charge in [-0.05, 0) is 12.1 Å². The fourth-order valence-corrected chi connectivity index (χ4v) is 2.21. The van der Waals surface area contributed by atoms with Crippen molar-refractivity contribution in [1.29, 1.82) is 0 Å². The maximum atomic E-state index is 5.38. The maximum Gasteiger partial charge on any atom is 0.148 e. The number of amidine groups is 1. The number of nitrogens with zero attached hydrogens (tertiary/aromatic N) is 2. The van der Waals surface area contributed by atoms with Gasteiger partial charge in [0.1, 0.15) is 5.84 Å². The number of benzene rings is 2. The molecular formula is C17H19N3O. The molecule has 0 aliphatic carbocycles. The van der Waals surface area contributed by atoms with Crippen LogP contribution in [0.2, 0.25) is 0 Å². The van der Waals surface area contributed by atoms with Crippen LogP contribution in [-0.2, 0) is 4.74 Å². The number of nitrogens with one attached hydrogen (secondary N) is 1. The first kappa shape index (κ1) is 13.8. The molecule has 1 aliphatic heterocycles. The number of morpholine rings is 1. The Hall–Kier alpha value is -2.17. The second-order valence-corrected chi connectivity index (χ2v) is 4.87. The van der Waals surface area contributed by atoms with Crippen LogP contribution >= 0.6 is 0 Å². The van der Waals surface area contributed by atoms with E-state index in [1.54, 1.807) is 0 Å². The molecule has 21 heavy (non-hydrogen) atoms. The molecule has 1 N–H and O–H groups in total. The minimum atomic E-state index is 0.750. The summed E-state index contributed by atoms with van der Waals surface area (Å²) in [6.45, 7) is 3.22. The molecule has 4 heteroatoms. The van der Waals surface area contributed by atoms with Crippen molar-refractivity contribution < 1.29 is 4.74 Å². The van der Waals surface area contributed by atoms with Crippen molar-refractivity contribution in [2.24, 2.45) is 4.99 Å². The quantitative estimate of drug-likeness (QED) is 0.694. The lowest BCUT2D eigenvalue weighted by Gasteiger charge is -2.28. The molecule has 0 radical (unpaired) electrons. The minimum absolute atomic E-state index is 0.750. The van der Waals surface area contributed by atoms with Crippen molar-refractivity contribution in [1.82, 2.24) is 10.4 Å². The van der Waals surface area contributed by atoms with E-state index in [1.165, 1.54) is 0 Å². The molecule has 0 spiro atoms. The van der Waals surface area contributed by atoms with Crippen molar-refractivity contribution in [3.63, 3.8) is 0 Å². The zero-order valence-corrected chi connectivity index (χ0v) is 11.9. The topological polar surface area (TPSA) is 36.9 Å². The van der Waals surface area contributed by atoms with E-state index < -0.39 is 0 Å². The van der Waals surface area contributed by atoms with Crippen LogP contribution in [0.5, 0.6) is 0 Å². The summed E-state index contributed by atoms with van der Waals surface area (Å²) in [4.78, 5) is 4.75. The Kier molecular flexibility index (Phi) is 4.61. The Morgan fingerprint density at radius 1 is 0.905 bits per heavy atom. The number of hydrogen-bond donors (Lipinski definition) is 1. The molecule has 0 aromatic heterocycles. The molecule has 2 aromatic rings. The van der Waals surface area contributed by atoms with Crippen LogP contribution in [0, 0.1) is 0 Å². The monoisotopic (exact) mass is 281 g/mol. The SMILES string of the molecule is c1ccc(N=C(NN2CCOCC2)c2ccccc2)cc1. The van der Waals surface area contributed by atoms with Gasteiger partial charge >= 0.3 is 0 Å². The third-order valence-electron chi connectivity index (χ3n) is 3.32. The Bertz CT molecular complexity index is 577. The lowest BCUT2D eigenvalue weighted by molar-refractivity contribution is 0.0249. The largest absolute Gasteiger partial charge is 0.379 e. The van der Waals surface area contributed by atoms with Gasteiger partial charge in [-0.2, -0.15) is 0 Å². The molecule has 2 aromatic carbocycles. The van der Waals surface area contributed by atoms with E-state index in [-0.39, 0.29) is 0 Å². The third-order valence-corrected chi connectivity index (χ3v) is 3.32. The summed E-state index contributed by atoms with van der Waals surface area (Å²) >= 11 is 0. The van der Waals surface area contributed by atoms with Gasteiger partial charge < -0.3 is 10.2 Å². The van der Waals surface area contributed by atoms with Gasteiger partial charge in [0.15, 0.2) is 0 Å². The van der Waals surface area contributed by atoms with Gasteiger partial charge in [0.25, 0.3) is 0 Å². The maximum absolute atomic E-state index is 5.38. The van der Waals surface area contributed by atoms with Crippen LogP contribution in [0.4, 0.5) is 5.69 Å². The minimum Gasteiger partial charge on any atom is -0.379 e. The molecule has 108 valence electrons. The smallest absolute Gasteiger partial charge is 0.148 e. The molecular weight excluding hydrogens is 262 g/mol. The van der Waals surface area contributed by atoms with Crippen LogP contribution in [-0.4, -0.2) is 37.1 Å². The Morgan fingerprint density at radius 2 is 1.52 bits per heavy atom. The van der Waals surface area contributed by atoms with E-state index in [0.717, 1.165) is 43.4 Å². The van der Waals surface area contributed by atoms with Gasteiger partial charge in [-0.3, -0.25) is 0 Å². The molecule has 0 bridgehead atoms. The normalized spacial score (nSPS) is 16.7. The molecule has 1 heterocycles. The zero-order valence-electron chi connectivity index (χ0n) is 11.9. The average Bonchev–Trinajstić information content (AvgIpc) is 2.57. The highest BCUT2D eigenvalue weighted by Crippen LogP contribution is 2.12. The van der Waals surface area contributed by atoms with E-state index in [4.69, 9.17) is 9.73 Å². The van der Waals surface area contributed by atoms with E-state index in [2.05, 4.69) is 22.6 Å². The van der Waals surface area contributed by atoms with E-state index >= 15 is 0 Å². The van der Waals surface area contributed by atoms with Gasteiger partial charge in [-0.15, -0.1) is 0 Å². The van der Waals surface area contributed by atoms with Gasteiger partial charge in [0.05, 0.1) is 18.9 Å². The second kappa shape index (κ2) is 7.02. The number of hydrogen-bond acceptors (Lipinski definition) is 3. The molecule has 0 amide bonds. The number of ether oxygens (including phenoxy) is 1. The van der Waals surface area contributed by atoms with Gasteiger partial charge in [-0.1, -0.05) is 48.5 Å². The Labute approximate surface area is 125 Å². The predicted molar refractivity (Wildman–Crippen MR) is 84.6 cm³/mol. The highest BCUT2D eigenvalue weighted by atomic mass is 16.5. The van der Waals surface area contributed by atoms with Gasteiger partial charge in [0, 0.05) is 18.7 Å². The standard InChI is InChI=1S/C17H19N3O/c1-3-7-15(8-4-1)17(18-16-9-5-2-6-10-16)19-20-11-13-21-14-12-20/h1-10H,11-14H2,(H,18,19). The zero-order chi connectivity index (χ0) is 14.3. The van der Waals surface area contributed by atoms with Crippen LogP contribution in [0.25, 0.3) is 0 Å². The summed E-state index contributed by atoms with van der Waals surface area (Å²) in [5, 5.41) is 2.15. The summed E-state index contributed by atoms with van der Waals surface area (Å²) in [7, 11) is 0.